The summed E-state index contributed by atoms with van der Waals surface area (Å²) in [5.74, 6) is -0.00522. The van der Waals surface area contributed by atoms with E-state index in [1.807, 2.05) is 54.6 Å². The fourth-order valence-electron chi connectivity index (χ4n) is 4.40. The third-order valence-corrected chi connectivity index (χ3v) is 7.64. The number of hydrogen-bond donors (Lipinski definition) is 0. The molecule has 202 valence electrons. The number of carbonyl (C=O) groups is 1. The third kappa shape index (κ3) is 5.31. The number of benzene rings is 3. The first-order valence-electron chi connectivity index (χ1n) is 12.1. The van der Waals surface area contributed by atoms with E-state index in [1.54, 1.807) is 19.1 Å². The molecule has 1 aromatic heterocycles. The Kier molecular flexibility index (Phi) is 7.63. The zero-order chi connectivity index (χ0) is 28.4. The Hall–Kier alpha value is -4.54. The van der Waals surface area contributed by atoms with Crippen LogP contribution in [-0.2, 0) is 16.1 Å². The highest BCUT2D eigenvalue weighted by Gasteiger charge is 2.34. The predicted octanol–water partition coefficient (Wildman–Crippen LogP) is 4.55. The minimum absolute atomic E-state index is 0.0577. The summed E-state index contributed by atoms with van der Waals surface area (Å²) in [7, 11) is 1.22. The van der Waals surface area contributed by atoms with Crippen LogP contribution < -0.4 is 19.6 Å². The Balaban J connectivity index is 1.55. The van der Waals surface area contributed by atoms with E-state index in [0.717, 1.165) is 22.5 Å². The highest BCUT2D eigenvalue weighted by molar-refractivity contribution is 7.07. The molecular formula is C29H22ClN3O6S. The summed E-state index contributed by atoms with van der Waals surface area (Å²) in [6.07, 6.45) is 1.73. The van der Waals surface area contributed by atoms with Crippen LogP contribution in [-0.4, -0.2) is 22.6 Å². The molecule has 4 aromatic rings. The fraction of sp³-hybridized carbons (Fsp3) is 0.138. The topological polar surface area (TPSA) is 113 Å². The van der Waals surface area contributed by atoms with Crippen molar-refractivity contribution < 1.29 is 19.2 Å². The number of halogens is 1. The second-order valence-electron chi connectivity index (χ2n) is 8.88. The molecular weight excluding hydrogens is 554 g/mol. The van der Waals surface area contributed by atoms with Crippen molar-refractivity contribution in [1.29, 1.82) is 0 Å². The molecule has 40 heavy (non-hydrogen) atoms. The number of allylic oxidation sites excluding steroid dienone is 1. The summed E-state index contributed by atoms with van der Waals surface area (Å²) in [6.45, 7) is 2.07. The quantitative estimate of drug-likeness (QED) is 0.181. The van der Waals surface area contributed by atoms with Crippen LogP contribution in [0.5, 0.6) is 5.75 Å². The molecule has 5 rings (SSSR count). The predicted molar refractivity (Wildman–Crippen MR) is 151 cm³/mol. The van der Waals surface area contributed by atoms with Crippen molar-refractivity contribution >= 4 is 40.7 Å². The van der Waals surface area contributed by atoms with E-state index in [9.17, 15) is 19.7 Å². The van der Waals surface area contributed by atoms with Crippen LogP contribution in [0.4, 0.5) is 5.69 Å². The molecule has 1 atom stereocenters. The van der Waals surface area contributed by atoms with Gasteiger partial charge in [0.15, 0.2) is 4.80 Å². The lowest BCUT2D eigenvalue weighted by atomic mass is 9.95. The van der Waals surface area contributed by atoms with Gasteiger partial charge in [0.25, 0.3) is 11.2 Å². The van der Waals surface area contributed by atoms with Gasteiger partial charge in [-0.05, 0) is 47.9 Å². The van der Waals surface area contributed by atoms with Gasteiger partial charge in [-0.25, -0.2) is 9.79 Å². The number of ether oxygens (including phenoxy) is 2. The minimum atomic E-state index is -0.990. The number of nitro benzene ring substituents is 1. The van der Waals surface area contributed by atoms with Gasteiger partial charge in [-0.2, -0.15) is 0 Å². The van der Waals surface area contributed by atoms with Gasteiger partial charge in [-0.3, -0.25) is 19.5 Å². The average Bonchev–Trinajstić information content (AvgIpc) is 3.26. The van der Waals surface area contributed by atoms with Crippen molar-refractivity contribution in [3.8, 4) is 5.75 Å². The van der Waals surface area contributed by atoms with Gasteiger partial charge in [0.1, 0.15) is 17.4 Å². The second-order valence-corrected chi connectivity index (χ2v) is 10.3. The van der Waals surface area contributed by atoms with Crippen molar-refractivity contribution in [2.75, 3.05) is 7.11 Å². The van der Waals surface area contributed by atoms with Crippen molar-refractivity contribution in [3.63, 3.8) is 0 Å². The summed E-state index contributed by atoms with van der Waals surface area (Å²) in [6, 6.07) is 20.3. The van der Waals surface area contributed by atoms with Gasteiger partial charge in [-0.15, -0.1) is 0 Å². The minimum Gasteiger partial charge on any atom is -0.489 e. The Morgan fingerprint density at radius 2 is 1.88 bits per heavy atom. The summed E-state index contributed by atoms with van der Waals surface area (Å²) in [4.78, 5) is 42.3. The summed E-state index contributed by atoms with van der Waals surface area (Å²) in [5.41, 5.74) is 1.87. The molecule has 0 radical (unpaired) electrons. The second kappa shape index (κ2) is 11.3. The van der Waals surface area contributed by atoms with E-state index in [4.69, 9.17) is 21.1 Å². The molecule has 0 saturated heterocycles. The van der Waals surface area contributed by atoms with Gasteiger partial charge in [-0.1, -0.05) is 71.5 Å². The first kappa shape index (κ1) is 27.0. The lowest BCUT2D eigenvalue weighted by molar-refractivity contribution is -0.384. The standard InChI is InChI=1S/C29H22ClN3O6S/c1-17-25(28(35)38-2)26(20-10-13-22(30)23(15-20)33(36)37)32-27(34)24(40-29(32)31-17)14-18-8-11-21(12-9-18)39-16-19-6-4-3-5-7-19/h3-15,26H,16H2,1-2H3. The summed E-state index contributed by atoms with van der Waals surface area (Å²) < 4.78 is 12.6. The van der Waals surface area contributed by atoms with E-state index in [0.29, 0.717) is 33.0 Å². The van der Waals surface area contributed by atoms with Crippen molar-refractivity contribution in [2.45, 2.75) is 19.6 Å². The monoisotopic (exact) mass is 575 g/mol. The molecule has 1 unspecified atom stereocenters. The maximum atomic E-state index is 13.7. The van der Waals surface area contributed by atoms with E-state index in [-0.39, 0.29) is 16.3 Å². The van der Waals surface area contributed by atoms with E-state index < -0.39 is 22.5 Å². The van der Waals surface area contributed by atoms with Crippen LogP contribution in [0.1, 0.15) is 29.7 Å². The largest absolute Gasteiger partial charge is 0.489 e. The molecule has 3 aromatic carbocycles. The van der Waals surface area contributed by atoms with Crippen molar-refractivity contribution in [3.05, 3.63) is 136 Å². The van der Waals surface area contributed by atoms with E-state index in [1.165, 1.54) is 23.8 Å². The molecule has 11 heteroatoms. The number of aromatic nitrogens is 1. The number of fused-ring (bicyclic) bond motifs is 1. The molecule has 0 fully saturated rings. The summed E-state index contributed by atoms with van der Waals surface area (Å²) in [5, 5.41) is 11.5. The SMILES string of the molecule is COC(=O)C1=C(C)N=c2sc(=Cc3ccc(OCc4ccccc4)cc3)c(=O)n2C1c1ccc(Cl)c([N+](=O)[O-])c1. The number of rotatable bonds is 7. The third-order valence-electron chi connectivity index (χ3n) is 6.34. The van der Waals surface area contributed by atoms with E-state index in [2.05, 4.69) is 4.99 Å². The van der Waals surface area contributed by atoms with Gasteiger partial charge < -0.3 is 9.47 Å². The molecule has 0 spiro atoms. The number of esters is 1. The Bertz CT molecular complexity index is 1830. The van der Waals surface area contributed by atoms with Crippen LogP contribution in [0.25, 0.3) is 6.08 Å². The van der Waals surface area contributed by atoms with Gasteiger partial charge in [0.2, 0.25) is 0 Å². The van der Waals surface area contributed by atoms with Crippen molar-refractivity contribution in [1.82, 2.24) is 4.57 Å². The molecule has 0 amide bonds. The highest BCUT2D eigenvalue weighted by Crippen LogP contribution is 2.34. The van der Waals surface area contributed by atoms with Crippen molar-refractivity contribution in [2.24, 2.45) is 4.99 Å². The molecule has 0 saturated carbocycles. The Morgan fingerprint density at radius 3 is 2.55 bits per heavy atom. The average molecular weight is 576 g/mol. The smallest absolute Gasteiger partial charge is 0.338 e. The zero-order valence-corrected chi connectivity index (χ0v) is 22.9. The summed E-state index contributed by atoms with van der Waals surface area (Å²) >= 11 is 7.19. The van der Waals surface area contributed by atoms with Crippen LogP contribution in [0.3, 0.4) is 0 Å². The zero-order valence-electron chi connectivity index (χ0n) is 21.4. The number of methoxy groups -OCH3 is 1. The first-order valence-corrected chi connectivity index (χ1v) is 13.3. The first-order chi connectivity index (χ1) is 19.3. The number of carbonyl (C=O) groups excluding carboxylic acids is 1. The highest BCUT2D eigenvalue weighted by atomic mass is 35.5. The molecule has 0 aliphatic carbocycles. The van der Waals surface area contributed by atoms with Gasteiger partial charge in [0.05, 0.1) is 33.9 Å². The van der Waals surface area contributed by atoms with Crippen LogP contribution >= 0.6 is 22.9 Å². The molecule has 0 N–H and O–H groups in total. The van der Waals surface area contributed by atoms with Crippen LogP contribution in [0.15, 0.2) is 93.9 Å². The van der Waals surface area contributed by atoms with Crippen LogP contribution in [0.2, 0.25) is 5.02 Å². The number of thiazole rings is 1. The van der Waals surface area contributed by atoms with Gasteiger partial charge >= 0.3 is 5.97 Å². The van der Waals surface area contributed by atoms with Crippen LogP contribution in [0, 0.1) is 10.1 Å². The maximum absolute atomic E-state index is 13.7. The lowest BCUT2D eigenvalue weighted by Crippen LogP contribution is -2.39. The number of nitrogens with zero attached hydrogens (tertiary/aromatic N) is 3. The maximum Gasteiger partial charge on any atom is 0.338 e. The number of hydrogen-bond acceptors (Lipinski definition) is 8. The molecule has 1 aliphatic rings. The Morgan fingerprint density at radius 1 is 1.15 bits per heavy atom. The van der Waals surface area contributed by atoms with Gasteiger partial charge in [0, 0.05) is 6.07 Å². The fourth-order valence-corrected chi connectivity index (χ4v) is 5.63. The molecule has 9 nitrogen and oxygen atoms in total. The normalized spacial score (nSPS) is 14.9. The number of nitro groups is 1. The molecule has 1 aliphatic heterocycles. The lowest BCUT2D eigenvalue weighted by Gasteiger charge is -2.24. The van der Waals surface area contributed by atoms with E-state index >= 15 is 0 Å². The molecule has 0 bridgehead atoms. The molecule has 2 heterocycles. The Labute approximate surface area is 237 Å².